The van der Waals surface area contributed by atoms with E-state index in [2.05, 4.69) is 15.5 Å². The van der Waals surface area contributed by atoms with Crippen LogP contribution in [0.5, 0.6) is 0 Å². The normalized spacial score (nSPS) is 10.1. The first-order valence-electron chi connectivity index (χ1n) is 5.29. The van der Waals surface area contributed by atoms with Crippen molar-refractivity contribution in [3.63, 3.8) is 0 Å². The van der Waals surface area contributed by atoms with Crippen molar-refractivity contribution in [3.05, 3.63) is 51.9 Å². The summed E-state index contributed by atoms with van der Waals surface area (Å²) in [5.74, 6) is -0.390. The summed E-state index contributed by atoms with van der Waals surface area (Å²) >= 11 is 0. The first-order chi connectivity index (χ1) is 8.56. The lowest BCUT2D eigenvalue weighted by Gasteiger charge is -2.08. The maximum atomic E-state index is 11.8. The molecule has 0 saturated heterocycles. The van der Waals surface area contributed by atoms with Gasteiger partial charge in [-0.15, -0.1) is 0 Å². The van der Waals surface area contributed by atoms with Crippen molar-refractivity contribution in [2.75, 3.05) is 11.1 Å². The molecule has 0 radical (unpaired) electrons. The van der Waals surface area contributed by atoms with Crippen molar-refractivity contribution in [2.45, 2.75) is 6.92 Å². The summed E-state index contributed by atoms with van der Waals surface area (Å²) in [6, 6.07) is 7.78. The summed E-state index contributed by atoms with van der Waals surface area (Å²) in [6.07, 6.45) is 0. The molecule has 0 saturated carbocycles. The number of H-pyrrole nitrogens is 1. The van der Waals surface area contributed by atoms with E-state index in [0.717, 1.165) is 5.56 Å². The second-order valence-corrected chi connectivity index (χ2v) is 3.83. The number of amides is 1. The minimum atomic E-state index is -0.390. The van der Waals surface area contributed by atoms with Crippen LogP contribution in [-0.4, -0.2) is 16.1 Å². The van der Waals surface area contributed by atoms with E-state index in [-0.39, 0.29) is 17.2 Å². The van der Waals surface area contributed by atoms with Crippen LogP contribution in [0.25, 0.3) is 0 Å². The predicted molar refractivity (Wildman–Crippen MR) is 68.4 cm³/mol. The van der Waals surface area contributed by atoms with Crippen molar-refractivity contribution < 1.29 is 4.79 Å². The molecule has 1 aromatic heterocycles. The van der Waals surface area contributed by atoms with Gasteiger partial charge in [0.05, 0.1) is 0 Å². The zero-order valence-corrected chi connectivity index (χ0v) is 9.73. The molecule has 92 valence electrons. The highest BCUT2D eigenvalue weighted by atomic mass is 16.2. The van der Waals surface area contributed by atoms with E-state index < -0.39 is 0 Å². The molecular weight excluding hydrogens is 232 g/mol. The van der Waals surface area contributed by atoms with Crippen LogP contribution in [0.15, 0.2) is 35.1 Å². The zero-order valence-electron chi connectivity index (χ0n) is 9.73. The highest BCUT2D eigenvalue weighted by Gasteiger charge is 2.09. The summed E-state index contributed by atoms with van der Waals surface area (Å²) in [5.41, 5.74) is 7.56. The van der Waals surface area contributed by atoms with Gasteiger partial charge in [-0.3, -0.25) is 9.59 Å². The molecule has 18 heavy (non-hydrogen) atoms. The summed E-state index contributed by atoms with van der Waals surface area (Å²) in [7, 11) is 0. The van der Waals surface area contributed by atoms with Gasteiger partial charge in [0.25, 0.3) is 11.5 Å². The van der Waals surface area contributed by atoms with Crippen molar-refractivity contribution in [1.82, 2.24) is 10.2 Å². The minimum absolute atomic E-state index is 0.144. The molecule has 1 aromatic carbocycles. The molecule has 1 heterocycles. The molecule has 0 atom stereocenters. The lowest BCUT2D eigenvalue weighted by atomic mass is 10.2. The molecule has 0 bridgehead atoms. The van der Waals surface area contributed by atoms with E-state index in [4.69, 9.17) is 5.73 Å². The van der Waals surface area contributed by atoms with Gasteiger partial charge in [-0.1, -0.05) is 0 Å². The molecule has 6 nitrogen and oxygen atoms in total. The Bertz CT molecular complexity index is 628. The van der Waals surface area contributed by atoms with E-state index in [1.807, 2.05) is 6.92 Å². The summed E-state index contributed by atoms with van der Waals surface area (Å²) in [6.45, 7) is 1.84. The van der Waals surface area contributed by atoms with Crippen molar-refractivity contribution in [2.24, 2.45) is 0 Å². The number of nitrogens with one attached hydrogen (secondary N) is 2. The molecule has 0 unspecified atom stereocenters. The van der Waals surface area contributed by atoms with E-state index in [0.29, 0.717) is 11.4 Å². The first-order valence-corrected chi connectivity index (χ1v) is 5.29. The lowest BCUT2D eigenvalue weighted by Crippen LogP contribution is -2.18. The standard InChI is InChI=1S/C12H12N4O2/c1-7-6-8(13)2-3-9(7)14-12(18)10-4-5-11(17)16-15-10/h2-6H,13H2,1H3,(H,14,18)(H,16,17). The highest BCUT2D eigenvalue weighted by molar-refractivity contribution is 6.03. The van der Waals surface area contributed by atoms with Gasteiger partial charge in [0.15, 0.2) is 0 Å². The molecule has 2 rings (SSSR count). The van der Waals surface area contributed by atoms with Gasteiger partial charge in [0.2, 0.25) is 0 Å². The number of nitrogen functional groups attached to an aromatic ring is 1. The van der Waals surface area contributed by atoms with Gasteiger partial charge in [-0.05, 0) is 36.8 Å². The average molecular weight is 244 g/mol. The number of nitrogens with zero attached hydrogens (tertiary/aromatic N) is 1. The van der Waals surface area contributed by atoms with E-state index in [1.165, 1.54) is 12.1 Å². The minimum Gasteiger partial charge on any atom is -0.399 e. The molecule has 2 aromatic rings. The van der Waals surface area contributed by atoms with Crippen LogP contribution in [0.3, 0.4) is 0 Å². The molecule has 0 aliphatic rings. The fourth-order valence-corrected chi connectivity index (χ4v) is 1.48. The fraction of sp³-hybridized carbons (Fsp3) is 0.0833. The average Bonchev–Trinajstić information content (AvgIpc) is 2.33. The van der Waals surface area contributed by atoms with E-state index in [1.54, 1.807) is 18.2 Å². The van der Waals surface area contributed by atoms with Gasteiger partial charge in [0, 0.05) is 17.4 Å². The molecule has 6 heteroatoms. The largest absolute Gasteiger partial charge is 0.399 e. The Morgan fingerprint density at radius 3 is 2.72 bits per heavy atom. The Balaban J connectivity index is 2.21. The Morgan fingerprint density at radius 2 is 2.11 bits per heavy atom. The zero-order chi connectivity index (χ0) is 13.1. The van der Waals surface area contributed by atoms with Crippen molar-refractivity contribution >= 4 is 17.3 Å². The number of aryl methyl sites for hydroxylation is 1. The van der Waals surface area contributed by atoms with Gasteiger partial charge in [-0.2, -0.15) is 5.10 Å². The second-order valence-electron chi connectivity index (χ2n) is 3.83. The van der Waals surface area contributed by atoms with Gasteiger partial charge < -0.3 is 11.1 Å². The Hall–Kier alpha value is -2.63. The number of hydrogen-bond acceptors (Lipinski definition) is 4. The Labute approximate surface area is 103 Å². The topological polar surface area (TPSA) is 101 Å². The maximum absolute atomic E-state index is 11.8. The molecule has 1 amide bonds. The number of anilines is 2. The van der Waals surface area contributed by atoms with Crippen LogP contribution in [0.2, 0.25) is 0 Å². The van der Waals surface area contributed by atoms with Crippen LogP contribution in [0.4, 0.5) is 11.4 Å². The van der Waals surface area contributed by atoms with Crippen LogP contribution in [0, 0.1) is 6.92 Å². The molecule has 4 N–H and O–H groups in total. The number of nitrogens with two attached hydrogens (primary N) is 1. The van der Waals surface area contributed by atoms with E-state index >= 15 is 0 Å². The SMILES string of the molecule is Cc1cc(N)ccc1NC(=O)c1ccc(=O)[nH]n1. The quantitative estimate of drug-likeness (QED) is 0.683. The molecular formula is C12H12N4O2. The highest BCUT2D eigenvalue weighted by Crippen LogP contribution is 2.17. The third-order valence-corrected chi connectivity index (χ3v) is 2.41. The van der Waals surface area contributed by atoms with Crippen LogP contribution in [0.1, 0.15) is 16.1 Å². The molecule has 0 spiro atoms. The summed E-state index contributed by atoms with van der Waals surface area (Å²) in [5, 5.41) is 8.55. The van der Waals surface area contributed by atoms with Crippen LogP contribution >= 0.6 is 0 Å². The van der Waals surface area contributed by atoms with Crippen LogP contribution < -0.4 is 16.6 Å². The Morgan fingerprint density at radius 1 is 1.33 bits per heavy atom. The third-order valence-electron chi connectivity index (χ3n) is 2.41. The second kappa shape index (κ2) is 4.70. The Kier molecular flexibility index (Phi) is 3.09. The van der Waals surface area contributed by atoms with Gasteiger partial charge in [0.1, 0.15) is 5.69 Å². The number of benzene rings is 1. The van der Waals surface area contributed by atoms with Gasteiger partial charge in [-0.25, -0.2) is 5.10 Å². The first kappa shape index (κ1) is 11.8. The van der Waals surface area contributed by atoms with E-state index in [9.17, 15) is 9.59 Å². The van der Waals surface area contributed by atoms with Crippen molar-refractivity contribution in [3.8, 4) is 0 Å². The summed E-state index contributed by atoms with van der Waals surface area (Å²) < 4.78 is 0. The number of rotatable bonds is 2. The van der Waals surface area contributed by atoms with Crippen LogP contribution in [-0.2, 0) is 0 Å². The van der Waals surface area contributed by atoms with Crippen molar-refractivity contribution in [1.29, 1.82) is 0 Å². The van der Waals surface area contributed by atoms with Gasteiger partial charge >= 0.3 is 0 Å². The number of carbonyl (C=O) groups excluding carboxylic acids is 1. The molecule has 0 aliphatic heterocycles. The number of aromatic nitrogens is 2. The summed E-state index contributed by atoms with van der Waals surface area (Å²) in [4.78, 5) is 22.7. The smallest absolute Gasteiger partial charge is 0.276 e. The molecule has 0 aliphatic carbocycles. The number of aromatic amines is 1. The third kappa shape index (κ3) is 2.54. The monoisotopic (exact) mass is 244 g/mol. The maximum Gasteiger partial charge on any atom is 0.276 e. The number of carbonyl (C=O) groups is 1. The molecule has 0 fully saturated rings. The predicted octanol–water partition coefficient (Wildman–Crippen LogP) is 0.913. The lowest BCUT2D eigenvalue weighted by molar-refractivity contribution is 0.102. The fourth-order valence-electron chi connectivity index (χ4n) is 1.48. The number of hydrogen-bond donors (Lipinski definition) is 3.